The molecule has 1 saturated heterocycles. The molecule has 8 nitrogen and oxygen atoms in total. The van der Waals surface area contributed by atoms with Crippen molar-refractivity contribution in [1.82, 2.24) is 25.2 Å². The zero-order valence-electron chi connectivity index (χ0n) is 17.9. The van der Waals surface area contributed by atoms with Gasteiger partial charge in [-0.15, -0.1) is 0 Å². The molecule has 1 fully saturated rings. The van der Waals surface area contributed by atoms with Gasteiger partial charge in [-0.3, -0.25) is 4.79 Å². The first-order chi connectivity index (χ1) is 14.9. The Morgan fingerprint density at radius 2 is 2.03 bits per heavy atom. The van der Waals surface area contributed by atoms with Crippen molar-refractivity contribution in [2.45, 2.75) is 32.1 Å². The Kier molecular flexibility index (Phi) is 5.92. The fourth-order valence-electron chi connectivity index (χ4n) is 3.86. The van der Waals surface area contributed by atoms with Gasteiger partial charge in [0.2, 0.25) is 11.9 Å². The van der Waals surface area contributed by atoms with Crippen LogP contribution in [0.5, 0.6) is 0 Å². The van der Waals surface area contributed by atoms with E-state index >= 15 is 0 Å². The van der Waals surface area contributed by atoms with Crippen LogP contribution in [0, 0.1) is 12.7 Å². The molecule has 9 heteroatoms. The minimum Gasteiger partial charge on any atom is -0.347 e. The number of piperidine rings is 1. The van der Waals surface area contributed by atoms with Crippen LogP contribution < -0.4 is 4.90 Å². The summed E-state index contributed by atoms with van der Waals surface area (Å²) in [5.41, 5.74) is 3.70. The van der Waals surface area contributed by atoms with E-state index in [0.29, 0.717) is 30.4 Å². The summed E-state index contributed by atoms with van der Waals surface area (Å²) < 4.78 is 18.5. The molecule has 0 unspecified atom stereocenters. The van der Waals surface area contributed by atoms with Crippen molar-refractivity contribution in [3.63, 3.8) is 0 Å². The van der Waals surface area contributed by atoms with Crippen LogP contribution in [0.3, 0.4) is 0 Å². The van der Waals surface area contributed by atoms with Crippen LogP contribution >= 0.6 is 0 Å². The van der Waals surface area contributed by atoms with Crippen LogP contribution in [0.4, 0.5) is 10.3 Å². The second-order valence-electron chi connectivity index (χ2n) is 8.00. The number of amides is 1. The highest BCUT2D eigenvalue weighted by atomic mass is 19.1. The monoisotopic (exact) mass is 424 g/mol. The molecule has 1 amide bonds. The standard InChI is InChI=1S/C22H25FN6O2/c1-14-19(27-31-26-14)12-20(30)29-9-7-15(8-10-29)21-18(13-24-22(25-21)28(2)3)16-5-4-6-17(23)11-16/h4-6,11,13,15H,7-10,12H2,1-3H3. The minimum atomic E-state index is -0.293. The molecule has 0 aliphatic carbocycles. The molecule has 1 aromatic carbocycles. The van der Waals surface area contributed by atoms with Gasteiger partial charge in [-0.1, -0.05) is 22.4 Å². The van der Waals surface area contributed by atoms with Crippen molar-refractivity contribution < 1.29 is 13.8 Å². The van der Waals surface area contributed by atoms with Gasteiger partial charge in [0.05, 0.1) is 12.1 Å². The first kappa shape index (κ1) is 20.9. The minimum absolute atomic E-state index is 0.0132. The van der Waals surface area contributed by atoms with E-state index in [1.54, 1.807) is 19.2 Å². The van der Waals surface area contributed by atoms with Crippen LogP contribution in [0.25, 0.3) is 11.1 Å². The fourth-order valence-corrected chi connectivity index (χ4v) is 3.86. The quantitative estimate of drug-likeness (QED) is 0.622. The molecular weight excluding hydrogens is 399 g/mol. The maximum atomic E-state index is 13.8. The zero-order chi connectivity index (χ0) is 22.0. The van der Waals surface area contributed by atoms with Gasteiger partial charge < -0.3 is 9.80 Å². The number of benzene rings is 1. The highest BCUT2D eigenvalue weighted by Gasteiger charge is 2.28. The summed E-state index contributed by atoms with van der Waals surface area (Å²) in [5, 5.41) is 7.54. The normalized spacial score (nSPS) is 14.6. The van der Waals surface area contributed by atoms with E-state index in [1.807, 2.05) is 30.0 Å². The van der Waals surface area contributed by atoms with Crippen molar-refractivity contribution in [2.24, 2.45) is 0 Å². The molecule has 0 N–H and O–H groups in total. The van der Waals surface area contributed by atoms with Gasteiger partial charge in [-0.25, -0.2) is 19.0 Å². The molecule has 0 bridgehead atoms. The predicted molar refractivity (Wildman–Crippen MR) is 113 cm³/mol. The number of carbonyl (C=O) groups is 1. The number of nitrogens with zero attached hydrogens (tertiary/aromatic N) is 6. The molecule has 0 atom stereocenters. The van der Waals surface area contributed by atoms with E-state index in [1.165, 1.54) is 12.1 Å². The van der Waals surface area contributed by atoms with Crippen molar-refractivity contribution in [2.75, 3.05) is 32.1 Å². The maximum absolute atomic E-state index is 13.8. The summed E-state index contributed by atoms with van der Waals surface area (Å²) in [6, 6.07) is 6.49. The SMILES string of the molecule is Cc1nonc1CC(=O)N1CCC(c2nc(N(C)C)ncc2-c2cccc(F)c2)CC1. The molecule has 0 saturated carbocycles. The van der Waals surface area contributed by atoms with E-state index in [9.17, 15) is 9.18 Å². The molecule has 31 heavy (non-hydrogen) atoms. The number of hydrogen-bond acceptors (Lipinski definition) is 7. The van der Waals surface area contributed by atoms with E-state index < -0.39 is 0 Å². The lowest BCUT2D eigenvalue weighted by molar-refractivity contribution is -0.131. The Balaban J connectivity index is 1.53. The van der Waals surface area contributed by atoms with Gasteiger partial charge in [0, 0.05) is 44.9 Å². The van der Waals surface area contributed by atoms with E-state index in [-0.39, 0.29) is 24.1 Å². The van der Waals surface area contributed by atoms with Crippen LogP contribution in [-0.2, 0) is 11.2 Å². The Bertz CT molecular complexity index is 1080. The largest absolute Gasteiger partial charge is 0.347 e. The maximum Gasteiger partial charge on any atom is 0.228 e. The van der Waals surface area contributed by atoms with Gasteiger partial charge in [0.25, 0.3) is 0 Å². The average molecular weight is 424 g/mol. The molecule has 0 spiro atoms. The molecule has 0 radical (unpaired) electrons. The van der Waals surface area contributed by atoms with E-state index in [4.69, 9.17) is 4.98 Å². The highest BCUT2D eigenvalue weighted by molar-refractivity contribution is 5.78. The summed E-state index contributed by atoms with van der Waals surface area (Å²) in [6.07, 6.45) is 3.50. The number of aromatic nitrogens is 4. The second kappa shape index (κ2) is 8.79. The summed E-state index contributed by atoms with van der Waals surface area (Å²) >= 11 is 0. The first-order valence-electron chi connectivity index (χ1n) is 10.3. The Hall–Kier alpha value is -3.36. The Morgan fingerprint density at radius 1 is 1.26 bits per heavy atom. The van der Waals surface area contributed by atoms with Crippen molar-refractivity contribution in [3.05, 3.63) is 53.4 Å². The number of rotatable bonds is 5. The molecule has 1 aliphatic heterocycles. The lowest BCUT2D eigenvalue weighted by Gasteiger charge is -2.32. The van der Waals surface area contributed by atoms with Gasteiger partial charge >= 0.3 is 0 Å². The topological polar surface area (TPSA) is 88.2 Å². The van der Waals surface area contributed by atoms with Crippen LogP contribution in [-0.4, -0.2) is 58.3 Å². The number of carbonyl (C=O) groups excluding carboxylic acids is 1. The fraction of sp³-hybridized carbons (Fsp3) is 0.409. The lowest BCUT2D eigenvalue weighted by Crippen LogP contribution is -2.39. The molecule has 1 aliphatic rings. The van der Waals surface area contributed by atoms with Gasteiger partial charge in [-0.05, 0) is 37.5 Å². The first-order valence-corrected chi connectivity index (χ1v) is 10.3. The third-order valence-corrected chi connectivity index (χ3v) is 5.64. The van der Waals surface area contributed by atoms with Gasteiger partial charge in [0.1, 0.15) is 17.2 Å². The number of hydrogen-bond donors (Lipinski definition) is 0. The molecular formula is C22H25FN6O2. The Labute approximate surface area is 180 Å². The summed E-state index contributed by atoms with van der Waals surface area (Å²) in [6.45, 7) is 3.02. The molecule has 162 valence electrons. The van der Waals surface area contributed by atoms with Gasteiger partial charge in [0.15, 0.2) is 0 Å². The van der Waals surface area contributed by atoms with Crippen molar-refractivity contribution in [1.29, 1.82) is 0 Å². The number of halogens is 1. The average Bonchev–Trinajstić information content (AvgIpc) is 3.17. The molecule has 3 heterocycles. The van der Waals surface area contributed by atoms with Crippen LogP contribution in [0.1, 0.15) is 35.8 Å². The third kappa shape index (κ3) is 4.55. The van der Waals surface area contributed by atoms with Crippen molar-refractivity contribution >= 4 is 11.9 Å². The highest BCUT2D eigenvalue weighted by Crippen LogP contribution is 2.35. The second-order valence-corrected chi connectivity index (χ2v) is 8.00. The van der Waals surface area contributed by atoms with E-state index in [0.717, 1.165) is 29.7 Å². The number of anilines is 1. The summed E-state index contributed by atoms with van der Waals surface area (Å²) in [5.74, 6) is 0.486. The van der Waals surface area contributed by atoms with E-state index in [2.05, 4.69) is 19.9 Å². The number of aryl methyl sites for hydroxylation is 1. The summed E-state index contributed by atoms with van der Waals surface area (Å²) in [4.78, 5) is 25.6. The van der Waals surface area contributed by atoms with Crippen molar-refractivity contribution in [3.8, 4) is 11.1 Å². The van der Waals surface area contributed by atoms with Crippen LogP contribution in [0.15, 0.2) is 35.1 Å². The predicted octanol–water partition coefficient (Wildman–Crippen LogP) is 2.99. The Morgan fingerprint density at radius 3 is 2.68 bits per heavy atom. The molecule has 2 aromatic heterocycles. The van der Waals surface area contributed by atoms with Crippen LogP contribution in [0.2, 0.25) is 0 Å². The molecule has 3 aromatic rings. The smallest absolute Gasteiger partial charge is 0.228 e. The van der Waals surface area contributed by atoms with Gasteiger partial charge in [-0.2, -0.15) is 0 Å². The third-order valence-electron chi connectivity index (χ3n) is 5.64. The molecule has 4 rings (SSSR count). The zero-order valence-corrected chi connectivity index (χ0v) is 17.9. The lowest BCUT2D eigenvalue weighted by atomic mass is 9.88. The number of likely N-dealkylation sites (tertiary alicyclic amines) is 1. The summed E-state index contributed by atoms with van der Waals surface area (Å²) in [7, 11) is 3.78.